The van der Waals surface area contributed by atoms with E-state index in [9.17, 15) is 9.18 Å². The lowest BCUT2D eigenvalue weighted by atomic mass is 9.81. The van der Waals surface area contributed by atoms with Crippen LogP contribution in [0.3, 0.4) is 0 Å². The van der Waals surface area contributed by atoms with Crippen molar-refractivity contribution < 1.29 is 14.3 Å². The highest BCUT2D eigenvalue weighted by Crippen LogP contribution is 2.30. The van der Waals surface area contributed by atoms with E-state index in [-0.39, 0.29) is 6.42 Å². The Morgan fingerprint density at radius 1 is 1.12 bits per heavy atom. The minimum atomic E-state index is -1.37. The molecule has 0 fully saturated rings. The van der Waals surface area contributed by atoms with E-state index in [2.05, 4.69) is 0 Å². The molecule has 17 heavy (non-hydrogen) atoms. The van der Waals surface area contributed by atoms with Gasteiger partial charge in [0.2, 0.25) is 0 Å². The first-order chi connectivity index (χ1) is 7.63. The van der Waals surface area contributed by atoms with Crippen molar-refractivity contribution in [2.75, 3.05) is 0 Å². The maximum Gasteiger partial charge on any atom is 0.304 e. The number of rotatable bonds is 4. The molecular formula is C14H19FO2. The summed E-state index contributed by atoms with van der Waals surface area (Å²) >= 11 is 0. The van der Waals surface area contributed by atoms with Gasteiger partial charge in [-0.15, -0.1) is 0 Å². The number of aliphatic carboxylic acids is 1. The highest BCUT2D eigenvalue weighted by molar-refractivity contribution is 5.68. The number of alkyl halides is 1. The molecule has 0 aliphatic carbocycles. The molecule has 1 N–H and O–H groups in total. The molecule has 0 unspecified atom stereocenters. The van der Waals surface area contributed by atoms with Gasteiger partial charge in [0, 0.05) is 5.41 Å². The SMILES string of the molecule is CC(C)(F)c1ccc(C(C)(C)CC(=O)O)cc1. The number of carboxylic acid groups (broad SMARTS) is 1. The second-order valence-corrected chi connectivity index (χ2v) is 5.50. The van der Waals surface area contributed by atoms with Crippen LogP contribution in [0.5, 0.6) is 0 Å². The van der Waals surface area contributed by atoms with E-state index in [0.717, 1.165) is 5.56 Å². The van der Waals surface area contributed by atoms with Crippen molar-refractivity contribution >= 4 is 5.97 Å². The van der Waals surface area contributed by atoms with Crippen LogP contribution in [0.15, 0.2) is 24.3 Å². The fourth-order valence-corrected chi connectivity index (χ4v) is 1.80. The molecule has 2 nitrogen and oxygen atoms in total. The first-order valence-electron chi connectivity index (χ1n) is 5.65. The van der Waals surface area contributed by atoms with Crippen LogP contribution in [0, 0.1) is 0 Å². The summed E-state index contributed by atoms with van der Waals surface area (Å²) in [6.07, 6.45) is 0.0609. The molecule has 0 amide bonds. The number of halogens is 1. The summed E-state index contributed by atoms with van der Waals surface area (Å²) in [5, 5.41) is 8.83. The Hall–Kier alpha value is -1.38. The third-order valence-electron chi connectivity index (χ3n) is 2.95. The van der Waals surface area contributed by atoms with Gasteiger partial charge in [-0.1, -0.05) is 38.1 Å². The van der Waals surface area contributed by atoms with Crippen molar-refractivity contribution in [1.29, 1.82) is 0 Å². The second kappa shape index (κ2) is 4.47. The average Bonchev–Trinajstić information content (AvgIpc) is 2.14. The molecule has 1 aromatic rings. The molecule has 0 aliphatic heterocycles. The van der Waals surface area contributed by atoms with E-state index in [1.807, 2.05) is 13.8 Å². The predicted octanol–water partition coefficient (Wildman–Crippen LogP) is 3.64. The summed E-state index contributed by atoms with van der Waals surface area (Å²) < 4.78 is 13.7. The summed E-state index contributed by atoms with van der Waals surface area (Å²) in [6.45, 7) is 6.75. The summed E-state index contributed by atoms with van der Waals surface area (Å²) in [4.78, 5) is 10.8. The normalized spacial score (nSPS) is 12.5. The third-order valence-corrected chi connectivity index (χ3v) is 2.95. The van der Waals surface area contributed by atoms with Crippen molar-refractivity contribution in [3.63, 3.8) is 0 Å². The molecule has 1 aromatic carbocycles. The average molecular weight is 238 g/mol. The summed E-state index contributed by atoms with van der Waals surface area (Å²) in [6, 6.07) is 7.05. The van der Waals surface area contributed by atoms with E-state index in [1.165, 1.54) is 13.8 Å². The van der Waals surface area contributed by atoms with Crippen LogP contribution in [0.1, 0.15) is 45.2 Å². The maximum atomic E-state index is 13.7. The number of carbonyl (C=O) groups is 1. The molecule has 0 bridgehead atoms. The van der Waals surface area contributed by atoms with Gasteiger partial charge < -0.3 is 5.11 Å². The van der Waals surface area contributed by atoms with Crippen LogP contribution in [0.25, 0.3) is 0 Å². The van der Waals surface area contributed by atoms with Gasteiger partial charge >= 0.3 is 5.97 Å². The highest BCUT2D eigenvalue weighted by atomic mass is 19.1. The Morgan fingerprint density at radius 3 is 1.88 bits per heavy atom. The minimum absolute atomic E-state index is 0.0609. The highest BCUT2D eigenvalue weighted by Gasteiger charge is 2.25. The first kappa shape index (κ1) is 13.7. The number of hydrogen-bond donors (Lipinski definition) is 1. The molecule has 0 heterocycles. The topological polar surface area (TPSA) is 37.3 Å². The van der Waals surface area contributed by atoms with E-state index in [1.54, 1.807) is 24.3 Å². The van der Waals surface area contributed by atoms with Gasteiger partial charge in [-0.25, -0.2) is 4.39 Å². The molecule has 3 heteroatoms. The molecule has 0 aromatic heterocycles. The largest absolute Gasteiger partial charge is 0.481 e. The van der Waals surface area contributed by atoms with Crippen LogP contribution in [-0.4, -0.2) is 11.1 Å². The lowest BCUT2D eigenvalue weighted by molar-refractivity contribution is -0.138. The lowest BCUT2D eigenvalue weighted by Crippen LogP contribution is -2.22. The monoisotopic (exact) mass is 238 g/mol. The van der Waals surface area contributed by atoms with Crippen LogP contribution in [0.2, 0.25) is 0 Å². The van der Waals surface area contributed by atoms with Crippen LogP contribution >= 0.6 is 0 Å². The first-order valence-corrected chi connectivity index (χ1v) is 5.65. The number of hydrogen-bond acceptors (Lipinski definition) is 1. The van der Waals surface area contributed by atoms with Crippen molar-refractivity contribution in [3.8, 4) is 0 Å². The Labute approximate surface area is 101 Å². The number of benzene rings is 1. The fraction of sp³-hybridized carbons (Fsp3) is 0.500. The van der Waals surface area contributed by atoms with Crippen molar-refractivity contribution in [2.45, 2.75) is 45.2 Å². The Balaban J connectivity index is 2.98. The zero-order valence-electron chi connectivity index (χ0n) is 10.7. The predicted molar refractivity (Wildman–Crippen MR) is 65.9 cm³/mol. The second-order valence-electron chi connectivity index (χ2n) is 5.50. The number of carboxylic acids is 1. The van der Waals surface area contributed by atoms with Crippen LogP contribution in [-0.2, 0) is 15.9 Å². The van der Waals surface area contributed by atoms with Gasteiger partial charge in [-0.2, -0.15) is 0 Å². The molecule has 1 rings (SSSR count). The van der Waals surface area contributed by atoms with Crippen molar-refractivity contribution in [2.24, 2.45) is 0 Å². The van der Waals surface area contributed by atoms with Crippen molar-refractivity contribution in [1.82, 2.24) is 0 Å². The zero-order valence-corrected chi connectivity index (χ0v) is 10.7. The van der Waals surface area contributed by atoms with Crippen LogP contribution in [0.4, 0.5) is 4.39 Å². The van der Waals surface area contributed by atoms with E-state index in [4.69, 9.17) is 5.11 Å². The molecule has 0 spiro atoms. The maximum absolute atomic E-state index is 13.7. The summed E-state index contributed by atoms with van der Waals surface area (Å²) in [5.41, 5.74) is -0.291. The zero-order chi connectivity index (χ0) is 13.3. The fourth-order valence-electron chi connectivity index (χ4n) is 1.80. The molecule has 94 valence electrons. The Kier molecular flexibility index (Phi) is 3.60. The lowest BCUT2D eigenvalue weighted by Gasteiger charge is -2.24. The van der Waals surface area contributed by atoms with Gasteiger partial charge in [0.1, 0.15) is 5.67 Å². The summed E-state index contributed by atoms with van der Waals surface area (Å²) in [7, 11) is 0. The Morgan fingerprint density at radius 2 is 1.53 bits per heavy atom. The quantitative estimate of drug-likeness (QED) is 0.869. The van der Waals surface area contributed by atoms with Gasteiger partial charge in [-0.3, -0.25) is 4.79 Å². The standard InChI is InChI=1S/C14H19FO2/c1-13(2,9-12(16)17)10-5-7-11(8-6-10)14(3,4)15/h5-8H,9H2,1-4H3,(H,16,17). The molecule has 0 saturated carbocycles. The van der Waals surface area contributed by atoms with E-state index < -0.39 is 17.1 Å². The van der Waals surface area contributed by atoms with Crippen molar-refractivity contribution in [3.05, 3.63) is 35.4 Å². The molecule has 0 atom stereocenters. The van der Waals surface area contributed by atoms with Crippen LogP contribution < -0.4 is 0 Å². The van der Waals surface area contributed by atoms with Gasteiger partial charge in [-0.05, 0) is 25.0 Å². The van der Waals surface area contributed by atoms with E-state index in [0.29, 0.717) is 5.56 Å². The Bertz CT molecular complexity index is 399. The molecular weight excluding hydrogens is 219 g/mol. The third kappa shape index (κ3) is 3.55. The minimum Gasteiger partial charge on any atom is -0.481 e. The van der Waals surface area contributed by atoms with E-state index >= 15 is 0 Å². The summed E-state index contributed by atoms with van der Waals surface area (Å²) in [5.74, 6) is -0.829. The smallest absolute Gasteiger partial charge is 0.304 e. The van der Waals surface area contributed by atoms with Gasteiger partial charge in [0.25, 0.3) is 0 Å². The van der Waals surface area contributed by atoms with Gasteiger partial charge in [0.05, 0.1) is 6.42 Å². The van der Waals surface area contributed by atoms with Gasteiger partial charge in [0.15, 0.2) is 0 Å². The molecule has 0 radical (unpaired) electrons. The molecule has 0 aliphatic rings. The molecule has 0 saturated heterocycles.